The van der Waals surface area contributed by atoms with E-state index in [0.29, 0.717) is 23.3 Å². The average Bonchev–Trinajstić information content (AvgIpc) is 3.12. The minimum Gasteiger partial charge on any atom is -0.459 e. The number of esters is 1. The van der Waals surface area contributed by atoms with Gasteiger partial charge in [0.2, 0.25) is 0 Å². The molecule has 1 atom stereocenters. The maximum atomic E-state index is 13.5. The van der Waals surface area contributed by atoms with Crippen molar-refractivity contribution in [1.29, 1.82) is 0 Å². The molecule has 1 aliphatic rings. The van der Waals surface area contributed by atoms with Gasteiger partial charge in [-0.15, -0.1) is 0 Å². The molecule has 2 amide bonds. The summed E-state index contributed by atoms with van der Waals surface area (Å²) in [6.45, 7) is -0.922. The Kier molecular flexibility index (Phi) is 12.7. The predicted molar refractivity (Wildman–Crippen MR) is 193 cm³/mol. The quantitative estimate of drug-likeness (QED) is 0.129. The maximum Gasteiger partial charge on any atom is 0.328 e. The smallest absolute Gasteiger partial charge is 0.328 e. The highest BCUT2D eigenvalue weighted by atomic mass is 35.5. The van der Waals surface area contributed by atoms with Crippen LogP contribution < -0.4 is 10.6 Å². The van der Waals surface area contributed by atoms with Crippen LogP contribution in [0.5, 0.6) is 0 Å². The number of rotatable bonds is 14. The topological polar surface area (TPSA) is 114 Å². The van der Waals surface area contributed by atoms with Crippen molar-refractivity contribution >= 4 is 52.5 Å². The van der Waals surface area contributed by atoms with Crippen LogP contribution in [0, 0.1) is 0 Å². The van der Waals surface area contributed by atoms with Crippen molar-refractivity contribution < 1.29 is 32.7 Å². The first-order chi connectivity index (χ1) is 24.5. The lowest BCUT2D eigenvalue weighted by Crippen LogP contribution is -2.42. The second-order valence-corrected chi connectivity index (χ2v) is 13.0. The third-order valence-corrected chi connectivity index (χ3v) is 8.85. The van der Waals surface area contributed by atoms with Crippen molar-refractivity contribution in [3.63, 3.8) is 0 Å². The van der Waals surface area contributed by atoms with Gasteiger partial charge in [0.25, 0.3) is 17.7 Å². The number of hydrogen-bond donors (Lipinski definition) is 2. The predicted octanol–water partition coefficient (Wildman–Crippen LogP) is 7.69. The molecule has 0 spiro atoms. The standard InChI is InChI=1S/C39H35Cl2F2N3O5/c40-32-20-29(27-11-5-2-6-12-27)21-33(41)35(32)37(49)46-34(38(50)51-23-25-8-3-1-4-9-25)15-14-31(47)22-44-36(48)28-13-7-10-26(18-28)19-30-16-17-39(42,43)24-45-30/h1-13,18,20-21,34H,14-17,19,22-24H2,(H,44,48)(H,46,49)/t34-/m0/s1. The number of nitrogens with one attached hydrogen (secondary N) is 2. The van der Waals surface area contributed by atoms with E-state index in [1.165, 1.54) is 0 Å². The van der Waals surface area contributed by atoms with Crippen molar-refractivity contribution in [2.75, 3.05) is 13.1 Å². The van der Waals surface area contributed by atoms with Crippen molar-refractivity contribution in [3.8, 4) is 11.1 Å². The molecule has 2 N–H and O–H groups in total. The van der Waals surface area contributed by atoms with Crippen molar-refractivity contribution in [3.05, 3.63) is 129 Å². The van der Waals surface area contributed by atoms with Crippen LogP contribution >= 0.6 is 23.2 Å². The minimum absolute atomic E-state index is 0.0341. The molecule has 0 bridgehead atoms. The summed E-state index contributed by atoms with van der Waals surface area (Å²) in [5.74, 6) is -5.17. The van der Waals surface area contributed by atoms with E-state index in [9.17, 15) is 28.0 Å². The molecule has 51 heavy (non-hydrogen) atoms. The fraction of sp³-hybridized carbons (Fsp3) is 0.256. The molecule has 0 saturated heterocycles. The number of Topliss-reactive ketones (excluding diaryl/α,β-unsaturated/α-hetero) is 1. The van der Waals surface area contributed by atoms with Crippen LogP contribution in [0.1, 0.15) is 57.5 Å². The van der Waals surface area contributed by atoms with E-state index in [4.69, 9.17) is 27.9 Å². The summed E-state index contributed by atoms with van der Waals surface area (Å²) in [6.07, 6.45) is -0.0314. The van der Waals surface area contributed by atoms with Crippen LogP contribution in [0.4, 0.5) is 8.78 Å². The Morgan fingerprint density at radius 3 is 2.16 bits per heavy atom. The van der Waals surface area contributed by atoms with E-state index >= 15 is 0 Å². The van der Waals surface area contributed by atoms with Crippen LogP contribution in [0.15, 0.2) is 102 Å². The summed E-state index contributed by atoms with van der Waals surface area (Å²) < 4.78 is 32.4. The molecule has 12 heteroatoms. The number of ether oxygens (including phenoxy) is 1. The number of halogens is 4. The van der Waals surface area contributed by atoms with Crippen LogP contribution in [-0.4, -0.2) is 54.3 Å². The third-order valence-electron chi connectivity index (χ3n) is 8.26. The van der Waals surface area contributed by atoms with Crippen LogP contribution in [0.2, 0.25) is 10.0 Å². The fourth-order valence-electron chi connectivity index (χ4n) is 5.49. The lowest BCUT2D eigenvalue weighted by molar-refractivity contribution is -0.147. The Labute approximate surface area is 304 Å². The highest BCUT2D eigenvalue weighted by Gasteiger charge is 2.32. The Bertz CT molecular complexity index is 1900. The van der Waals surface area contributed by atoms with Crippen molar-refractivity contribution in [1.82, 2.24) is 10.6 Å². The van der Waals surface area contributed by atoms with Crippen molar-refractivity contribution in [2.45, 2.75) is 50.7 Å². The highest BCUT2D eigenvalue weighted by molar-refractivity contribution is 6.40. The zero-order valence-corrected chi connectivity index (χ0v) is 29.0. The molecule has 264 valence electrons. The highest BCUT2D eigenvalue weighted by Crippen LogP contribution is 2.32. The number of nitrogens with zero attached hydrogens (tertiary/aromatic N) is 1. The second kappa shape index (κ2) is 17.3. The van der Waals surface area contributed by atoms with Crippen LogP contribution in [0.3, 0.4) is 0 Å². The molecule has 1 aliphatic heterocycles. The number of benzene rings is 4. The number of aliphatic imine (C=N–C) groups is 1. The summed E-state index contributed by atoms with van der Waals surface area (Å²) in [5, 5.41) is 5.36. The Balaban J connectivity index is 1.20. The van der Waals surface area contributed by atoms with Gasteiger partial charge in [-0.3, -0.25) is 19.4 Å². The zero-order chi connectivity index (χ0) is 36.4. The molecular formula is C39H35Cl2F2N3O5. The van der Waals surface area contributed by atoms with E-state index in [-0.39, 0.29) is 54.4 Å². The van der Waals surface area contributed by atoms with Gasteiger partial charge < -0.3 is 15.4 Å². The van der Waals surface area contributed by atoms with Gasteiger partial charge in [0.05, 0.1) is 22.2 Å². The Hall–Kier alpha value is -4.93. The summed E-state index contributed by atoms with van der Waals surface area (Å²) in [7, 11) is 0. The molecule has 4 aromatic rings. The molecular weight excluding hydrogens is 699 g/mol. The Morgan fingerprint density at radius 1 is 0.824 bits per heavy atom. The minimum atomic E-state index is -2.79. The molecule has 0 unspecified atom stereocenters. The molecule has 0 aliphatic carbocycles. The number of carbonyl (C=O) groups is 4. The van der Waals surface area contributed by atoms with Gasteiger partial charge in [-0.25, -0.2) is 13.6 Å². The first-order valence-electron chi connectivity index (χ1n) is 16.3. The van der Waals surface area contributed by atoms with E-state index < -0.39 is 42.1 Å². The zero-order valence-electron chi connectivity index (χ0n) is 27.5. The first kappa shape index (κ1) is 37.3. The van der Waals surface area contributed by atoms with Gasteiger partial charge in [-0.05, 0) is 59.4 Å². The molecule has 0 aromatic heterocycles. The summed E-state index contributed by atoms with van der Waals surface area (Å²) in [6, 6.07) is 26.9. The first-order valence-corrected chi connectivity index (χ1v) is 17.1. The largest absolute Gasteiger partial charge is 0.459 e. The van der Waals surface area contributed by atoms with Gasteiger partial charge >= 0.3 is 5.97 Å². The average molecular weight is 735 g/mol. The SMILES string of the molecule is O=C(CC[C@H](NC(=O)c1c(Cl)cc(-c2ccccc2)cc1Cl)C(=O)OCc1ccccc1)CNC(=O)c1cccc(CC2=NCC(F)(F)CC2)c1. The second-order valence-electron chi connectivity index (χ2n) is 12.2. The Morgan fingerprint density at radius 2 is 1.49 bits per heavy atom. The number of amides is 2. The molecule has 0 saturated carbocycles. The monoisotopic (exact) mass is 733 g/mol. The molecule has 0 radical (unpaired) electrons. The summed E-state index contributed by atoms with van der Waals surface area (Å²) in [4.78, 5) is 56.5. The molecule has 5 rings (SSSR count). The fourth-order valence-corrected chi connectivity index (χ4v) is 6.14. The third kappa shape index (κ3) is 10.8. The van der Waals surface area contributed by atoms with E-state index in [2.05, 4.69) is 15.6 Å². The number of carbonyl (C=O) groups excluding carboxylic acids is 4. The maximum absolute atomic E-state index is 13.5. The van der Waals surface area contributed by atoms with E-state index in [1.807, 2.05) is 36.4 Å². The van der Waals surface area contributed by atoms with Crippen LogP contribution in [0.25, 0.3) is 11.1 Å². The van der Waals surface area contributed by atoms with Gasteiger partial charge in [0, 0.05) is 30.5 Å². The summed E-state index contributed by atoms with van der Waals surface area (Å²) >= 11 is 13.0. The van der Waals surface area contributed by atoms with Gasteiger partial charge in [-0.2, -0.15) is 0 Å². The number of alkyl halides is 2. The van der Waals surface area contributed by atoms with Crippen LogP contribution in [-0.2, 0) is 27.4 Å². The number of hydrogen-bond acceptors (Lipinski definition) is 6. The molecule has 1 heterocycles. The lowest BCUT2D eigenvalue weighted by Gasteiger charge is -2.20. The lowest BCUT2D eigenvalue weighted by atomic mass is 9.98. The molecule has 0 fully saturated rings. The molecule has 8 nitrogen and oxygen atoms in total. The summed E-state index contributed by atoms with van der Waals surface area (Å²) in [5.41, 5.74) is 3.92. The van der Waals surface area contributed by atoms with Gasteiger partial charge in [0.1, 0.15) is 19.2 Å². The van der Waals surface area contributed by atoms with E-state index in [1.54, 1.807) is 60.7 Å². The van der Waals surface area contributed by atoms with Crippen molar-refractivity contribution in [2.24, 2.45) is 4.99 Å². The normalized spacial score (nSPS) is 14.2. The van der Waals surface area contributed by atoms with Gasteiger partial charge in [-0.1, -0.05) is 96.0 Å². The van der Waals surface area contributed by atoms with E-state index in [0.717, 1.165) is 16.7 Å². The number of ketones is 1. The molecule has 4 aromatic carbocycles. The van der Waals surface area contributed by atoms with Gasteiger partial charge in [0.15, 0.2) is 5.78 Å².